The van der Waals surface area contributed by atoms with Gasteiger partial charge in [-0.05, 0) is 36.0 Å². The van der Waals surface area contributed by atoms with Crippen LogP contribution in [0.2, 0.25) is 0 Å². The molecule has 25 heavy (non-hydrogen) atoms. The lowest BCUT2D eigenvalue weighted by Crippen LogP contribution is -2.33. The van der Waals surface area contributed by atoms with Crippen LogP contribution >= 0.6 is 0 Å². The Morgan fingerprint density at radius 3 is 2.36 bits per heavy atom. The van der Waals surface area contributed by atoms with Crippen molar-refractivity contribution >= 4 is 5.97 Å². The van der Waals surface area contributed by atoms with Crippen molar-refractivity contribution in [1.82, 2.24) is 0 Å². The van der Waals surface area contributed by atoms with Gasteiger partial charge in [0.25, 0.3) is 0 Å². The number of rotatable bonds is 9. The highest BCUT2D eigenvalue weighted by Gasteiger charge is 2.20. The molecule has 0 aromatic heterocycles. The van der Waals surface area contributed by atoms with Crippen LogP contribution in [0.25, 0.3) is 11.1 Å². The fourth-order valence-corrected chi connectivity index (χ4v) is 2.65. The summed E-state index contributed by atoms with van der Waals surface area (Å²) in [7, 11) is 0. The van der Waals surface area contributed by atoms with E-state index in [9.17, 15) is 9.90 Å². The first kappa shape index (κ1) is 19.2. The summed E-state index contributed by atoms with van der Waals surface area (Å²) in [5, 5.41) is 9.90. The van der Waals surface area contributed by atoms with Gasteiger partial charge in [0.15, 0.2) is 6.10 Å². The molecule has 2 aromatic rings. The zero-order valence-electron chi connectivity index (χ0n) is 14.7. The fraction of sp³-hybridized carbons (Fsp3) is 0.381. The molecule has 0 saturated heterocycles. The summed E-state index contributed by atoms with van der Waals surface area (Å²) in [6, 6.07) is 18.1. The Morgan fingerprint density at radius 2 is 1.72 bits per heavy atom. The van der Waals surface area contributed by atoms with Gasteiger partial charge in [-0.15, -0.1) is 0 Å². The van der Waals surface area contributed by atoms with Gasteiger partial charge in [0.2, 0.25) is 0 Å². The molecule has 0 spiro atoms. The lowest BCUT2D eigenvalue weighted by atomic mass is 9.98. The number of aliphatic hydroxyl groups excluding tert-OH is 1. The van der Waals surface area contributed by atoms with Crippen molar-refractivity contribution in [3.05, 3.63) is 60.2 Å². The maximum Gasteiger partial charge on any atom is 0.335 e. The Labute approximate surface area is 149 Å². The third kappa shape index (κ3) is 6.33. The number of hydrogen-bond donors (Lipinski definition) is 2. The molecule has 2 rings (SSSR count). The van der Waals surface area contributed by atoms with Crippen LogP contribution in [0.15, 0.2) is 54.6 Å². The molecule has 2 aromatic carbocycles. The van der Waals surface area contributed by atoms with Crippen LogP contribution in [0, 0.1) is 0 Å². The molecule has 0 radical (unpaired) electrons. The van der Waals surface area contributed by atoms with Crippen LogP contribution in [0.1, 0.15) is 31.7 Å². The van der Waals surface area contributed by atoms with Gasteiger partial charge in [-0.2, -0.15) is 0 Å². The van der Waals surface area contributed by atoms with Gasteiger partial charge < -0.3 is 15.6 Å². The highest BCUT2D eigenvalue weighted by Crippen LogP contribution is 2.20. The van der Waals surface area contributed by atoms with E-state index < -0.39 is 12.1 Å². The van der Waals surface area contributed by atoms with Crippen LogP contribution in [-0.2, 0) is 16.0 Å². The van der Waals surface area contributed by atoms with E-state index in [0.29, 0.717) is 13.0 Å². The SMILES string of the molecule is CCCCOC(=O)C(O)CC(N)Cc1ccc(-c2ccccc2)cc1. The van der Waals surface area contributed by atoms with Crippen molar-refractivity contribution in [3.8, 4) is 11.1 Å². The van der Waals surface area contributed by atoms with Crippen molar-refractivity contribution < 1.29 is 14.6 Å². The molecule has 0 amide bonds. The van der Waals surface area contributed by atoms with Gasteiger partial charge in [0.05, 0.1) is 6.61 Å². The predicted octanol–water partition coefficient (Wildman–Crippen LogP) is 3.32. The summed E-state index contributed by atoms with van der Waals surface area (Å²) in [5.74, 6) is -0.580. The van der Waals surface area contributed by atoms with Crippen molar-refractivity contribution in [2.75, 3.05) is 6.61 Å². The molecule has 0 fully saturated rings. The normalized spacial score (nSPS) is 13.2. The third-order valence-electron chi connectivity index (χ3n) is 4.10. The van der Waals surface area contributed by atoms with E-state index in [1.807, 2.05) is 37.3 Å². The van der Waals surface area contributed by atoms with Crippen LogP contribution in [0.3, 0.4) is 0 Å². The molecule has 4 heteroatoms. The third-order valence-corrected chi connectivity index (χ3v) is 4.10. The highest BCUT2D eigenvalue weighted by atomic mass is 16.5. The Hall–Kier alpha value is -2.17. The lowest BCUT2D eigenvalue weighted by molar-refractivity contribution is -0.154. The quantitative estimate of drug-likeness (QED) is 0.542. The topological polar surface area (TPSA) is 72.5 Å². The van der Waals surface area contributed by atoms with Gasteiger partial charge in [-0.1, -0.05) is 67.9 Å². The van der Waals surface area contributed by atoms with Gasteiger partial charge >= 0.3 is 5.97 Å². The van der Waals surface area contributed by atoms with Crippen LogP contribution < -0.4 is 5.73 Å². The number of carbonyl (C=O) groups is 1. The molecule has 0 heterocycles. The Bertz CT molecular complexity index is 640. The summed E-state index contributed by atoms with van der Waals surface area (Å²) in [6.07, 6.45) is 1.40. The molecule has 4 nitrogen and oxygen atoms in total. The number of benzene rings is 2. The molecule has 0 aliphatic rings. The fourth-order valence-electron chi connectivity index (χ4n) is 2.65. The van der Waals surface area contributed by atoms with Crippen LogP contribution in [0.4, 0.5) is 0 Å². The first-order valence-corrected chi connectivity index (χ1v) is 8.84. The second-order valence-electron chi connectivity index (χ2n) is 6.30. The van der Waals surface area contributed by atoms with Crippen molar-refractivity contribution in [3.63, 3.8) is 0 Å². The number of ether oxygens (including phenoxy) is 1. The second-order valence-corrected chi connectivity index (χ2v) is 6.30. The summed E-state index contributed by atoms with van der Waals surface area (Å²) in [5.41, 5.74) is 9.48. The number of hydrogen-bond acceptors (Lipinski definition) is 4. The van der Waals surface area contributed by atoms with Crippen LogP contribution in [0.5, 0.6) is 0 Å². The van der Waals surface area contributed by atoms with Gasteiger partial charge in [-0.3, -0.25) is 0 Å². The number of nitrogens with two attached hydrogens (primary N) is 1. The maximum absolute atomic E-state index is 11.7. The van der Waals surface area contributed by atoms with Crippen molar-refractivity contribution in [2.24, 2.45) is 5.73 Å². The Morgan fingerprint density at radius 1 is 1.08 bits per heavy atom. The lowest BCUT2D eigenvalue weighted by Gasteiger charge is -2.16. The number of unbranched alkanes of at least 4 members (excludes halogenated alkanes) is 1. The van der Waals surface area contributed by atoms with E-state index in [2.05, 4.69) is 24.3 Å². The van der Waals surface area contributed by atoms with E-state index in [1.165, 1.54) is 5.56 Å². The summed E-state index contributed by atoms with van der Waals surface area (Å²) >= 11 is 0. The maximum atomic E-state index is 11.7. The first-order chi connectivity index (χ1) is 12.1. The van der Waals surface area contributed by atoms with E-state index in [1.54, 1.807) is 0 Å². The van der Waals surface area contributed by atoms with E-state index >= 15 is 0 Å². The van der Waals surface area contributed by atoms with Gasteiger partial charge in [0, 0.05) is 6.04 Å². The van der Waals surface area contributed by atoms with Crippen LogP contribution in [-0.4, -0.2) is 29.8 Å². The molecule has 0 aliphatic heterocycles. The number of aliphatic hydroxyl groups is 1. The minimum absolute atomic E-state index is 0.200. The molecule has 0 aliphatic carbocycles. The van der Waals surface area contributed by atoms with E-state index in [-0.39, 0.29) is 12.5 Å². The first-order valence-electron chi connectivity index (χ1n) is 8.84. The minimum atomic E-state index is -1.16. The van der Waals surface area contributed by atoms with Gasteiger partial charge in [-0.25, -0.2) is 4.79 Å². The standard InChI is InChI=1S/C21H27NO3/c1-2-3-13-25-21(24)20(23)15-19(22)14-16-9-11-18(12-10-16)17-7-5-4-6-8-17/h4-12,19-20,23H,2-3,13-15,22H2,1H3. The zero-order valence-corrected chi connectivity index (χ0v) is 14.7. The second kappa shape index (κ2) is 9.97. The molecule has 3 N–H and O–H groups in total. The summed E-state index contributed by atoms with van der Waals surface area (Å²) in [4.78, 5) is 11.7. The average Bonchev–Trinajstić information content (AvgIpc) is 2.63. The molecular weight excluding hydrogens is 314 g/mol. The smallest absolute Gasteiger partial charge is 0.335 e. The van der Waals surface area contributed by atoms with Gasteiger partial charge in [0.1, 0.15) is 0 Å². The summed E-state index contributed by atoms with van der Waals surface area (Å²) < 4.78 is 5.02. The highest BCUT2D eigenvalue weighted by molar-refractivity contribution is 5.74. The molecule has 0 bridgehead atoms. The summed E-state index contributed by atoms with van der Waals surface area (Å²) in [6.45, 7) is 2.37. The van der Waals surface area contributed by atoms with Crippen molar-refractivity contribution in [2.45, 2.75) is 44.8 Å². The predicted molar refractivity (Wildman–Crippen MR) is 100 cm³/mol. The molecule has 0 saturated carbocycles. The monoisotopic (exact) mass is 341 g/mol. The minimum Gasteiger partial charge on any atom is -0.464 e. The average molecular weight is 341 g/mol. The molecular formula is C21H27NO3. The Kier molecular flexibility index (Phi) is 7.64. The number of carbonyl (C=O) groups excluding carboxylic acids is 1. The Balaban J connectivity index is 1.84. The number of esters is 1. The zero-order chi connectivity index (χ0) is 18.1. The largest absolute Gasteiger partial charge is 0.464 e. The van der Waals surface area contributed by atoms with Crippen molar-refractivity contribution in [1.29, 1.82) is 0 Å². The molecule has 2 atom stereocenters. The van der Waals surface area contributed by atoms with E-state index in [0.717, 1.165) is 24.0 Å². The molecule has 134 valence electrons. The van der Waals surface area contributed by atoms with E-state index in [4.69, 9.17) is 10.5 Å². The molecule has 2 unspecified atom stereocenters.